The van der Waals surface area contributed by atoms with Crippen molar-refractivity contribution in [1.29, 1.82) is 0 Å². The van der Waals surface area contributed by atoms with Crippen molar-refractivity contribution in [2.75, 3.05) is 0 Å². The minimum absolute atomic E-state index is 0.195. The molecule has 1 saturated heterocycles. The van der Waals surface area contributed by atoms with Crippen LogP contribution in [0.5, 0.6) is 0 Å². The van der Waals surface area contributed by atoms with Crippen LogP contribution in [-0.2, 0) is 11.3 Å². The monoisotopic (exact) mass is 431 g/mol. The third kappa shape index (κ3) is 5.26. The lowest BCUT2D eigenvalue weighted by Gasteiger charge is -2.12. The van der Waals surface area contributed by atoms with Gasteiger partial charge in [0.2, 0.25) is 0 Å². The standard InChI is InChI=1S/C24H18FN3O2S/c25-21-13-5-4-11-19(21)16-26-27-24-28(17-20-12-7-15-30-20)23(29)22(31-24)14-6-10-18-8-2-1-3-9-18/h1-16H,17H2/b10-6+,22-14-,26-16+,27-24-. The molecular formula is C24H18FN3O2S. The van der Waals surface area contributed by atoms with Crippen LogP contribution >= 0.6 is 11.8 Å². The van der Waals surface area contributed by atoms with E-state index in [9.17, 15) is 9.18 Å². The van der Waals surface area contributed by atoms with Crippen molar-refractivity contribution in [2.45, 2.75) is 6.54 Å². The van der Waals surface area contributed by atoms with Crippen LogP contribution in [0.25, 0.3) is 6.08 Å². The van der Waals surface area contributed by atoms with Gasteiger partial charge in [-0.15, -0.1) is 5.10 Å². The fourth-order valence-corrected chi connectivity index (χ4v) is 3.71. The van der Waals surface area contributed by atoms with Gasteiger partial charge < -0.3 is 4.42 Å². The number of rotatable bonds is 6. The number of carbonyl (C=O) groups excluding carboxylic acids is 1. The van der Waals surface area contributed by atoms with Crippen molar-refractivity contribution >= 4 is 35.1 Å². The van der Waals surface area contributed by atoms with Crippen molar-refractivity contribution in [3.63, 3.8) is 0 Å². The summed E-state index contributed by atoms with van der Waals surface area (Å²) in [7, 11) is 0. The Morgan fingerprint density at radius 1 is 1.03 bits per heavy atom. The lowest BCUT2D eigenvalue weighted by atomic mass is 10.2. The molecule has 0 aliphatic carbocycles. The number of nitrogens with zero attached hydrogens (tertiary/aromatic N) is 3. The average molecular weight is 431 g/mol. The Morgan fingerprint density at radius 3 is 2.61 bits per heavy atom. The zero-order valence-corrected chi connectivity index (χ0v) is 17.2. The van der Waals surface area contributed by atoms with Gasteiger partial charge in [0, 0.05) is 5.56 Å². The number of benzene rings is 2. The molecule has 1 amide bonds. The number of amidine groups is 1. The highest BCUT2D eigenvalue weighted by molar-refractivity contribution is 8.18. The van der Waals surface area contributed by atoms with Gasteiger partial charge in [-0.2, -0.15) is 5.10 Å². The topological polar surface area (TPSA) is 58.2 Å². The zero-order valence-electron chi connectivity index (χ0n) is 16.4. The van der Waals surface area contributed by atoms with Gasteiger partial charge in [0.25, 0.3) is 5.91 Å². The van der Waals surface area contributed by atoms with E-state index in [4.69, 9.17) is 4.42 Å². The predicted molar refractivity (Wildman–Crippen MR) is 122 cm³/mol. The number of hydrogen-bond acceptors (Lipinski definition) is 5. The molecule has 1 aliphatic heterocycles. The molecule has 5 nitrogen and oxygen atoms in total. The summed E-state index contributed by atoms with van der Waals surface area (Å²) < 4.78 is 19.2. The van der Waals surface area contributed by atoms with E-state index >= 15 is 0 Å². The van der Waals surface area contributed by atoms with Crippen LogP contribution in [0.1, 0.15) is 16.9 Å². The van der Waals surface area contributed by atoms with Gasteiger partial charge in [-0.05, 0) is 41.6 Å². The van der Waals surface area contributed by atoms with Crippen LogP contribution in [0.3, 0.4) is 0 Å². The van der Waals surface area contributed by atoms with E-state index in [1.807, 2.05) is 42.5 Å². The molecule has 0 atom stereocenters. The molecule has 0 saturated carbocycles. The summed E-state index contributed by atoms with van der Waals surface area (Å²) >= 11 is 1.21. The summed E-state index contributed by atoms with van der Waals surface area (Å²) in [5.41, 5.74) is 1.35. The summed E-state index contributed by atoms with van der Waals surface area (Å²) in [4.78, 5) is 14.9. The van der Waals surface area contributed by atoms with Crippen molar-refractivity contribution in [3.8, 4) is 0 Å². The predicted octanol–water partition coefficient (Wildman–Crippen LogP) is 5.48. The molecule has 0 bridgehead atoms. The van der Waals surface area contributed by atoms with Crippen LogP contribution in [0.2, 0.25) is 0 Å². The van der Waals surface area contributed by atoms with Crippen molar-refractivity contribution in [1.82, 2.24) is 4.90 Å². The maximum absolute atomic E-state index is 13.8. The van der Waals surface area contributed by atoms with E-state index in [1.165, 1.54) is 28.9 Å². The average Bonchev–Trinajstić information content (AvgIpc) is 3.40. The normalized spacial score (nSPS) is 17.1. The summed E-state index contributed by atoms with van der Waals surface area (Å²) in [6.45, 7) is 0.229. The van der Waals surface area contributed by atoms with Gasteiger partial charge in [0.05, 0.1) is 23.9 Å². The Morgan fingerprint density at radius 2 is 1.84 bits per heavy atom. The number of amides is 1. The number of thioether (sulfide) groups is 1. The Labute approximate surface area is 183 Å². The Balaban J connectivity index is 1.57. The largest absolute Gasteiger partial charge is 0.467 e. The first-order valence-electron chi connectivity index (χ1n) is 9.52. The maximum atomic E-state index is 13.8. The number of halogens is 1. The quantitative estimate of drug-likeness (QED) is 0.295. The summed E-state index contributed by atoms with van der Waals surface area (Å²) in [5.74, 6) is 0.0421. The van der Waals surface area contributed by atoms with Crippen LogP contribution in [0.15, 0.2) is 105 Å². The van der Waals surface area contributed by atoms with E-state index in [0.717, 1.165) is 5.56 Å². The van der Waals surface area contributed by atoms with E-state index in [-0.39, 0.29) is 18.3 Å². The van der Waals surface area contributed by atoms with Gasteiger partial charge in [0.15, 0.2) is 5.17 Å². The van der Waals surface area contributed by atoms with Crippen LogP contribution in [0, 0.1) is 5.82 Å². The molecular weight excluding hydrogens is 413 g/mol. The van der Waals surface area contributed by atoms with Gasteiger partial charge in [0.1, 0.15) is 11.6 Å². The number of hydrogen-bond donors (Lipinski definition) is 0. The molecule has 0 N–H and O–H groups in total. The highest BCUT2D eigenvalue weighted by Gasteiger charge is 2.33. The highest BCUT2D eigenvalue weighted by Crippen LogP contribution is 2.32. The summed E-state index contributed by atoms with van der Waals surface area (Å²) in [6.07, 6.45) is 8.37. The number of allylic oxidation sites excluding steroid dienone is 2. The molecule has 1 aliphatic rings. The molecule has 31 heavy (non-hydrogen) atoms. The molecule has 4 rings (SSSR count). The first-order valence-corrected chi connectivity index (χ1v) is 10.3. The molecule has 2 aromatic carbocycles. The highest BCUT2D eigenvalue weighted by atomic mass is 32.2. The summed E-state index contributed by atoms with van der Waals surface area (Å²) in [6, 6.07) is 19.6. The molecule has 2 heterocycles. The van der Waals surface area contributed by atoms with E-state index in [0.29, 0.717) is 21.4 Å². The van der Waals surface area contributed by atoms with Crippen molar-refractivity contribution in [3.05, 3.63) is 113 Å². The van der Waals surface area contributed by atoms with E-state index in [2.05, 4.69) is 10.2 Å². The second-order valence-electron chi connectivity index (χ2n) is 6.52. The molecule has 0 unspecified atom stereocenters. The first kappa shape index (κ1) is 20.6. The fraction of sp³-hybridized carbons (Fsp3) is 0.0417. The van der Waals surface area contributed by atoms with Crippen LogP contribution in [0.4, 0.5) is 4.39 Å². The Bertz CT molecular complexity index is 1170. The SMILES string of the molecule is O=C1/C(=C/C=C/c2ccccc2)S/C(=N\N=C\c2ccccc2F)N1Cc1ccco1. The molecule has 0 spiro atoms. The van der Waals surface area contributed by atoms with Crippen LogP contribution < -0.4 is 0 Å². The minimum atomic E-state index is -0.388. The smallest absolute Gasteiger partial charge is 0.267 e. The zero-order chi connectivity index (χ0) is 21.5. The number of furan rings is 1. The van der Waals surface area contributed by atoms with Gasteiger partial charge in [-0.1, -0.05) is 60.7 Å². The Kier molecular flexibility index (Phi) is 6.54. The molecule has 0 radical (unpaired) electrons. The van der Waals surface area contributed by atoms with E-state index in [1.54, 1.807) is 42.7 Å². The molecule has 3 aromatic rings. The van der Waals surface area contributed by atoms with Gasteiger partial charge >= 0.3 is 0 Å². The third-order valence-electron chi connectivity index (χ3n) is 4.36. The fourth-order valence-electron chi connectivity index (χ4n) is 2.83. The number of carbonyl (C=O) groups is 1. The Hall–Kier alpha value is -3.71. The van der Waals surface area contributed by atoms with Gasteiger partial charge in [-0.3, -0.25) is 9.69 Å². The second kappa shape index (κ2) is 9.86. The molecule has 154 valence electrons. The molecule has 1 fully saturated rings. The second-order valence-corrected chi connectivity index (χ2v) is 7.53. The van der Waals surface area contributed by atoms with Crippen molar-refractivity contribution in [2.24, 2.45) is 10.2 Å². The summed E-state index contributed by atoms with van der Waals surface area (Å²) in [5, 5.41) is 8.56. The van der Waals surface area contributed by atoms with E-state index < -0.39 is 0 Å². The lowest BCUT2D eigenvalue weighted by Crippen LogP contribution is -2.28. The third-order valence-corrected chi connectivity index (χ3v) is 5.38. The van der Waals surface area contributed by atoms with Crippen LogP contribution in [-0.4, -0.2) is 22.2 Å². The lowest BCUT2D eigenvalue weighted by molar-refractivity contribution is -0.122. The van der Waals surface area contributed by atoms with Crippen molar-refractivity contribution < 1.29 is 13.6 Å². The minimum Gasteiger partial charge on any atom is -0.467 e. The molecule has 1 aromatic heterocycles. The molecule has 7 heteroatoms. The van der Waals surface area contributed by atoms with Gasteiger partial charge in [-0.25, -0.2) is 4.39 Å². The maximum Gasteiger partial charge on any atom is 0.267 e. The first-order chi connectivity index (χ1) is 15.2.